The van der Waals surface area contributed by atoms with E-state index in [0.717, 1.165) is 48.8 Å². The lowest BCUT2D eigenvalue weighted by Crippen LogP contribution is -2.57. The van der Waals surface area contributed by atoms with Crippen molar-refractivity contribution in [2.75, 3.05) is 45.9 Å². The normalized spacial score (nSPS) is 27.8. The Hall–Kier alpha value is -2.51. The number of hydrogen-bond donors (Lipinski definition) is 1. The van der Waals surface area contributed by atoms with Gasteiger partial charge < -0.3 is 15.0 Å². The summed E-state index contributed by atoms with van der Waals surface area (Å²) in [6.45, 7) is 7.45. The molecule has 1 aromatic carbocycles. The number of benzene rings is 1. The quantitative estimate of drug-likeness (QED) is 0.822. The molecule has 4 aliphatic heterocycles. The van der Waals surface area contributed by atoms with Crippen molar-refractivity contribution >= 4 is 6.03 Å². The summed E-state index contributed by atoms with van der Waals surface area (Å²) >= 11 is 0. The maximum atomic E-state index is 12.5. The number of carbonyl (C=O) groups is 1. The van der Waals surface area contributed by atoms with Gasteiger partial charge in [0.1, 0.15) is 5.82 Å². The van der Waals surface area contributed by atoms with Crippen molar-refractivity contribution in [2.24, 2.45) is 5.92 Å². The molecule has 0 radical (unpaired) electrons. The number of urea groups is 1. The third-order valence-corrected chi connectivity index (χ3v) is 6.97. The van der Waals surface area contributed by atoms with Crippen molar-refractivity contribution in [1.82, 2.24) is 25.1 Å². The van der Waals surface area contributed by atoms with E-state index in [-0.39, 0.29) is 6.03 Å². The summed E-state index contributed by atoms with van der Waals surface area (Å²) in [5.74, 6) is 1.87. The maximum Gasteiger partial charge on any atom is 0.317 e. The highest BCUT2D eigenvalue weighted by Gasteiger charge is 2.41. The van der Waals surface area contributed by atoms with Crippen molar-refractivity contribution in [3.05, 3.63) is 47.9 Å². The van der Waals surface area contributed by atoms with Gasteiger partial charge in [0.05, 0.1) is 18.9 Å². The lowest BCUT2D eigenvalue weighted by Gasteiger charge is -2.50. The number of piperidine rings is 3. The Morgan fingerprint density at radius 1 is 1.16 bits per heavy atom. The maximum absolute atomic E-state index is 12.5. The fourth-order valence-corrected chi connectivity index (χ4v) is 5.31. The number of fused-ring (bicyclic) bond motifs is 3. The van der Waals surface area contributed by atoms with Gasteiger partial charge in [-0.15, -0.1) is 0 Å². The lowest BCUT2D eigenvalue weighted by molar-refractivity contribution is 0.0274. The molecule has 2 aromatic rings. The molecule has 5 heterocycles. The van der Waals surface area contributed by atoms with Gasteiger partial charge >= 0.3 is 6.03 Å². The first kappa shape index (κ1) is 20.4. The Kier molecular flexibility index (Phi) is 5.87. The summed E-state index contributed by atoms with van der Waals surface area (Å²) in [7, 11) is 0. The van der Waals surface area contributed by atoms with E-state index in [4.69, 9.17) is 9.72 Å². The molecule has 1 unspecified atom stereocenters. The molecule has 164 valence electrons. The number of hydrogen-bond acceptors (Lipinski definition) is 5. The smallest absolute Gasteiger partial charge is 0.317 e. The third-order valence-electron chi connectivity index (χ3n) is 6.97. The van der Waals surface area contributed by atoms with Gasteiger partial charge in [-0.2, -0.15) is 0 Å². The summed E-state index contributed by atoms with van der Waals surface area (Å²) in [6.07, 6.45) is 2.31. The zero-order chi connectivity index (χ0) is 21.2. The van der Waals surface area contributed by atoms with Crippen LogP contribution < -0.4 is 5.32 Å². The van der Waals surface area contributed by atoms with E-state index < -0.39 is 0 Å². The molecule has 1 N–H and O–H groups in total. The highest BCUT2D eigenvalue weighted by molar-refractivity contribution is 5.74. The molecule has 2 amide bonds. The predicted octanol–water partition coefficient (Wildman–Crippen LogP) is 2.67. The first-order valence-electron chi connectivity index (χ1n) is 11.4. The van der Waals surface area contributed by atoms with Gasteiger partial charge in [0.2, 0.25) is 0 Å². The van der Waals surface area contributed by atoms with Crippen molar-refractivity contribution < 1.29 is 9.53 Å². The number of aryl methyl sites for hydroxylation is 1. The van der Waals surface area contributed by atoms with Crippen LogP contribution in [0.1, 0.15) is 30.3 Å². The van der Waals surface area contributed by atoms with Gasteiger partial charge in [0.15, 0.2) is 0 Å². The number of morpholine rings is 1. The second kappa shape index (κ2) is 8.93. The van der Waals surface area contributed by atoms with E-state index >= 15 is 0 Å². The third kappa shape index (κ3) is 4.43. The number of nitrogens with one attached hydrogen (secondary N) is 1. The molecule has 0 saturated carbocycles. The van der Waals surface area contributed by atoms with Gasteiger partial charge in [0, 0.05) is 49.4 Å². The van der Waals surface area contributed by atoms with E-state index in [0.29, 0.717) is 44.2 Å². The summed E-state index contributed by atoms with van der Waals surface area (Å²) in [4.78, 5) is 26.4. The second-order valence-electron chi connectivity index (χ2n) is 8.92. The summed E-state index contributed by atoms with van der Waals surface area (Å²) < 4.78 is 5.34. The van der Waals surface area contributed by atoms with Gasteiger partial charge in [-0.05, 0) is 38.3 Å². The van der Waals surface area contributed by atoms with Crippen LogP contribution in [0.3, 0.4) is 0 Å². The number of carbonyl (C=O) groups excluding carboxylic acids is 1. The Morgan fingerprint density at radius 2 is 1.97 bits per heavy atom. The van der Waals surface area contributed by atoms with Crippen LogP contribution in [0, 0.1) is 12.8 Å². The Morgan fingerprint density at radius 3 is 2.71 bits per heavy atom. The van der Waals surface area contributed by atoms with Gasteiger partial charge in [0.25, 0.3) is 0 Å². The monoisotopic (exact) mass is 421 g/mol. The zero-order valence-electron chi connectivity index (χ0n) is 18.2. The highest BCUT2D eigenvalue weighted by Crippen LogP contribution is 2.41. The number of nitrogens with zero attached hydrogens (tertiary/aromatic N) is 4. The molecule has 4 aliphatic rings. The molecular formula is C24H31N5O2. The van der Waals surface area contributed by atoms with Crippen LogP contribution in [0.2, 0.25) is 0 Å². The largest absolute Gasteiger partial charge is 0.378 e. The Labute approximate surface area is 183 Å². The molecular weight excluding hydrogens is 390 g/mol. The highest BCUT2D eigenvalue weighted by atomic mass is 16.5. The molecule has 4 fully saturated rings. The van der Waals surface area contributed by atoms with Gasteiger partial charge in [-0.25, -0.2) is 14.8 Å². The number of amides is 2. The fraction of sp³-hybridized carbons (Fsp3) is 0.542. The van der Waals surface area contributed by atoms with E-state index in [1.165, 1.54) is 6.42 Å². The topological polar surface area (TPSA) is 70.6 Å². The van der Waals surface area contributed by atoms with Crippen LogP contribution in [0.4, 0.5) is 4.79 Å². The van der Waals surface area contributed by atoms with Crippen molar-refractivity contribution in [3.63, 3.8) is 0 Å². The van der Waals surface area contributed by atoms with Crippen LogP contribution in [0.25, 0.3) is 11.3 Å². The molecule has 2 bridgehead atoms. The van der Waals surface area contributed by atoms with Gasteiger partial charge in [-0.1, -0.05) is 30.3 Å². The number of ether oxygens (including phenoxy) is 1. The second-order valence-corrected chi connectivity index (χ2v) is 8.92. The standard InChI is InChI=1S/C24H31N5O2/c1-17-26-22(18-5-3-2-4-6-18)14-23(27-17)21-16-29-8-7-19(21)13-20(29)15-25-24(30)28-9-11-31-12-10-28/h2-6,14,19-21H,7-13,15-16H2,1H3,(H,25,30)/t19-,20+,21-/m0/s1. The van der Waals surface area contributed by atoms with Crippen LogP contribution in [-0.2, 0) is 4.74 Å². The summed E-state index contributed by atoms with van der Waals surface area (Å²) in [5.41, 5.74) is 3.31. The lowest BCUT2D eigenvalue weighted by atomic mass is 9.74. The van der Waals surface area contributed by atoms with Crippen molar-refractivity contribution in [1.29, 1.82) is 0 Å². The number of rotatable bonds is 4. The molecule has 6 rings (SSSR count). The van der Waals surface area contributed by atoms with Gasteiger partial charge in [-0.3, -0.25) is 4.90 Å². The number of aromatic nitrogens is 2. The van der Waals surface area contributed by atoms with Crippen LogP contribution in [0.5, 0.6) is 0 Å². The van der Waals surface area contributed by atoms with Crippen molar-refractivity contribution in [3.8, 4) is 11.3 Å². The summed E-state index contributed by atoms with van der Waals surface area (Å²) in [5, 5.41) is 3.17. The average Bonchev–Trinajstić information content (AvgIpc) is 2.83. The van der Waals surface area contributed by atoms with Crippen LogP contribution >= 0.6 is 0 Å². The first-order valence-corrected chi connectivity index (χ1v) is 11.4. The van der Waals surface area contributed by atoms with E-state index in [1.807, 2.05) is 17.9 Å². The minimum absolute atomic E-state index is 0.0430. The van der Waals surface area contributed by atoms with E-state index in [2.05, 4.69) is 45.5 Å². The molecule has 1 aromatic heterocycles. The van der Waals surface area contributed by atoms with E-state index in [1.54, 1.807) is 0 Å². The molecule has 0 aliphatic carbocycles. The minimum atomic E-state index is 0.0430. The molecule has 31 heavy (non-hydrogen) atoms. The fourth-order valence-electron chi connectivity index (χ4n) is 5.31. The molecule has 0 spiro atoms. The summed E-state index contributed by atoms with van der Waals surface area (Å²) in [6, 6.07) is 13.0. The average molecular weight is 422 g/mol. The Balaban J connectivity index is 1.25. The molecule has 4 atom stereocenters. The van der Waals surface area contributed by atoms with Crippen molar-refractivity contribution in [2.45, 2.75) is 31.7 Å². The van der Waals surface area contributed by atoms with E-state index in [9.17, 15) is 4.79 Å². The molecule has 4 saturated heterocycles. The minimum Gasteiger partial charge on any atom is -0.378 e. The Bertz CT molecular complexity index is 915. The first-order chi connectivity index (χ1) is 15.2. The molecule has 7 heteroatoms. The van der Waals surface area contributed by atoms with Crippen LogP contribution in [-0.4, -0.2) is 77.8 Å². The predicted molar refractivity (Wildman–Crippen MR) is 119 cm³/mol. The molecule has 7 nitrogen and oxygen atoms in total. The SMILES string of the molecule is Cc1nc(-c2ccccc2)cc([C@H]2CN3CC[C@H]2C[C@@H]3CNC(=O)N2CCOCC2)n1. The van der Waals surface area contributed by atoms with Crippen LogP contribution in [0.15, 0.2) is 36.4 Å². The zero-order valence-corrected chi connectivity index (χ0v) is 18.2.